The van der Waals surface area contributed by atoms with Crippen LogP contribution in [-0.4, -0.2) is 12.0 Å². The molecule has 22 heavy (non-hydrogen) atoms. The number of hydrogen-bond donors (Lipinski definition) is 2. The Morgan fingerprint density at radius 1 is 1.18 bits per heavy atom. The first-order valence-electron chi connectivity index (χ1n) is 6.72. The molecule has 2 aromatic rings. The summed E-state index contributed by atoms with van der Waals surface area (Å²) in [6.45, 7) is 0.157. The van der Waals surface area contributed by atoms with Gasteiger partial charge in [0.25, 0.3) is 0 Å². The molecule has 1 unspecified atom stereocenters. The summed E-state index contributed by atoms with van der Waals surface area (Å²) in [7, 11) is 0. The van der Waals surface area contributed by atoms with Crippen molar-refractivity contribution >= 4 is 23.3 Å². The lowest BCUT2D eigenvalue weighted by Gasteiger charge is -2.31. The van der Waals surface area contributed by atoms with Gasteiger partial charge in [-0.3, -0.25) is 0 Å². The topological polar surface area (TPSA) is 67.4 Å². The van der Waals surface area contributed by atoms with Crippen molar-refractivity contribution < 1.29 is 14.3 Å². The molecule has 2 N–H and O–H groups in total. The van der Waals surface area contributed by atoms with Crippen LogP contribution < -0.4 is 10.6 Å². The lowest BCUT2D eigenvalue weighted by molar-refractivity contribution is -0.151. The highest BCUT2D eigenvalue weighted by Crippen LogP contribution is 2.30. The molecular weight excluding hydrogens is 300 g/mol. The van der Waals surface area contributed by atoms with Gasteiger partial charge in [0.05, 0.1) is 0 Å². The molecule has 2 heterocycles. The number of nitrogens with one attached hydrogen (secondary N) is 2. The molecule has 6 heteroatoms. The standard InChI is InChI=1S/C16H14N2O3S/c19-14(21-11-12-5-2-1-3-6-12)16(13-7-4-10-22-13)8-9-17-15(20)18-16/h1-10H,11H2,(H2,17,18,20). The van der Waals surface area contributed by atoms with Crippen LogP contribution >= 0.6 is 11.3 Å². The maximum absolute atomic E-state index is 12.6. The van der Waals surface area contributed by atoms with E-state index < -0.39 is 17.5 Å². The smallest absolute Gasteiger partial charge is 0.342 e. The van der Waals surface area contributed by atoms with Gasteiger partial charge in [-0.1, -0.05) is 36.4 Å². The van der Waals surface area contributed by atoms with E-state index in [-0.39, 0.29) is 6.61 Å². The number of esters is 1. The van der Waals surface area contributed by atoms with Crippen LogP contribution in [0.5, 0.6) is 0 Å². The monoisotopic (exact) mass is 314 g/mol. The second-order valence-corrected chi connectivity index (χ2v) is 5.73. The van der Waals surface area contributed by atoms with Gasteiger partial charge in [-0.2, -0.15) is 0 Å². The maximum atomic E-state index is 12.6. The predicted octanol–water partition coefficient (Wildman–Crippen LogP) is 2.51. The van der Waals surface area contributed by atoms with E-state index in [9.17, 15) is 9.59 Å². The van der Waals surface area contributed by atoms with Crippen molar-refractivity contribution in [1.82, 2.24) is 10.6 Å². The van der Waals surface area contributed by atoms with Gasteiger partial charge in [-0.05, 0) is 23.1 Å². The largest absolute Gasteiger partial charge is 0.459 e. The molecule has 0 fully saturated rings. The van der Waals surface area contributed by atoms with E-state index in [4.69, 9.17) is 4.74 Å². The van der Waals surface area contributed by atoms with Crippen molar-refractivity contribution in [3.8, 4) is 0 Å². The van der Waals surface area contributed by atoms with Gasteiger partial charge in [-0.25, -0.2) is 9.59 Å². The second kappa shape index (κ2) is 6.03. The third-order valence-corrected chi connectivity index (χ3v) is 4.31. The van der Waals surface area contributed by atoms with Gasteiger partial charge in [0.1, 0.15) is 6.61 Å². The van der Waals surface area contributed by atoms with Crippen molar-refractivity contribution in [2.24, 2.45) is 0 Å². The Morgan fingerprint density at radius 2 is 2.00 bits per heavy atom. The molecular formula is C16H14N2O3S. The van der Waals surface area contributed by atoms with Crippen molar-refractivity contribution in [3.05, 3.63) is 70.6 Å². The number of amides is 2. The minimum atomic E-state index is -1.27. The molecule has 0 spiro atoms. The number of carbonyl (C=O) groups excluding carboxylic acids is 2. The summed E-state index contributed by atoms with van der Waals surface area (Å²) < 4.78 is 5.42. The highest BCUT2D eigenvalue weighted by atomic mass is 32.1. The van der Waals surface area contributed by atoms with E-state index in [0.29, 0.717) is 4.88 Å². The Hall–Kier alpha value is -2.60. The zero-order valence-corrected chi connectivity index (χ0v) is 12.4. The lowest BCUT2D eigenvalue weighted by Crippen LogP contribution is -2.56. The first-order chi connectivity index (χ1) is 10.7. The zero-order chi connectivity index (χ0) is 15.4. The van der Waals surface area contributed by atoms with E-state index in [2.05, 4.69) is 10.6 Å². The highest BCUT2D eigenvalue weighted by Gasteiger charge is 2.43. The van der Waals surface area contributed by atoms with Gasteiger partial charge in [0, 0.05) is 11.1 Å². The van der Waals surface area contributed by atoms with Crippen molar-refractivity contribution in [1.29, 1.82) is 0 Å². The maximum Gasteiger partial charge on any atom is 0.342 e. The van der Waals surface area contributed by atoms with Gasteiger partial charge in [0.2, 0.25) is 0 Å². The molecule has 2 amide bonds. The normalized spacial score (nSPS) is 20.1. The highest BCUT2D eigenvalue weighted by molar-refractivity contribution is 7.10. The molecule has 0 aliphatic carbocycles. The molecule has 1 aromatic carbocycles. The van der Waals surface area contributed by atoms with Gasteiger partial charge in [0.15, 0.2) is 5.54 Å². The van der Waals surface area contributed by atoms with Crippen LogP contribution in [-0.2, 0) is 21.7 Å². The van der Waals surface area contributed by atoms with Crippen LogP contribution in [0.15, 0.2) is 60.1 Å². The Bertz CT molecular complexity index is 697. The molecule has 0 radical (unpaired) electrons. The average molecular weight is 314 g/mol. The SMILES string of the molecule is O=C1NC=CC(C(=O)OCc2ccccc2)(c2cccs2)N1. The summed E-state index contributed by atoms with van der Waals surface area (Å²) >= 11 is 1.39. The molecule has 0 saturated carbocycles. The van der Waals surface area contributed by atoms with Crippen LogP contribution in [0, 0.1) is 0 Å². The van der Waals surface area contributed by atoms with Crippen LogP contribution in [0.3, 0.4) is 0 Å². The summed E-state index contributed by atoms with van der Waals surface area (Å²) in [4.78, 5) is 25.0. The molecule has 1 atom stereocenters. The summed E-state index contributed by atoms with van der Waals surface area (Å²) in [5.74, 6) is -0.509. The fraction of sp³-hybridized carbons (Fsp3) is 0.125. The number of carbonyl (C=O) groups is 2. The van der Waals surface area contributed by atoms with Gasteiger partial charge in [-0.15, -0.1) is 11.3 Å². The minimum Gasteiger partial charge on any atom is -0.459 e. The Labute approximate surface area is 131 Å². The average Bonchev–Trinajstić information content (AvgIpc) is 3.08. The number of rotatable bonds is 4. The van der Waals surface area contributed by atoms with E-state index in [1.54, 1.807) is 12.1 Å². The molecule has 1 aliphatic heterocycles. The quantitative estimate of drug-likeness (QED) is 0.852. The fourth-order valence-corrected chi connectivity index (χ4v) is 3.05. The third-order valence-electron chi connectivity index (χ3n) is 3.30. The molecule has 5 nitrogen and oxygen atoms in total. The fourth-order valence-electron chi connectivity index (χ4n) is 2.20. The number of urea groups is 1. The van der Waals surface area contributed by atoms with Crippen molar-refractivity contribution in [2.75, 3.05) is 0 Å². The molecule has 1 aliphatic rings. The summed E-state index contributed by atoms with van der Waals surface area (Å²) in [6.07, 6.45) is 3.07. The lowest BCUT2D eigenvalue weighted by atomic mass is 9.96. The molecule has 3 rings (SSSR count). The van der Waals surface area contributed by atoms with Crippen LogP contribution in [0.2, 0.25) is 0 Å². The van der Waals surface area contributed by atoms with Crippen molar-refractivity contribution in [2.45, 2.75) is 12.1 Å². The summed E-state index contributed by atoms with van der Waals surface area (Å²) in [6, 6.07) is 12.6. The van der Waals surface area contributed by atoms with E-state index in [1.165, 1.54) is 17.5 Å². The number of hydrogen-bond acceptors (Lipinski definition) is 4. The number of thiophene rings is 1. The Morgan fingerprint density at radius 3 is 2.68 bits per heavy atom. The first kappa shape index (κ1) is 14.3. The molecule has 112 valence electrons. The second-order valence-electron chi connectivity index (χ2n) is 4.78. The summed E-state index contributed by atoms with van der Waals surface area (Å²) in [5, 5.41) is 7.01. The number of ether oxygens (including phenoxy) is 1. The molecule has 1 aromatic heterocycles. The van der Waals surface area contributed by atoms with Gasteiger partial charge < -0.3 is 15.4 Å². The van der Waals surface area contributed by atoms with E-state index >= 15 is 0 Å². The van der Waals surface area contributed by atoms with E-state index in [0.717, 1.165) is 5.56 Å². The van der Waals surface area contributed by atoms with Gasteiger partial charge >= 0.3 is 12.0 Å². The minimum absolute atomic E-state index is 0.157. The van der Waals surface area contributed by atoms with Crippen LogP contribution in [0.4, 0.5) is 4.79 Å². The first-order valence-corrected chi connectivity index (χ1v) is 7.60. The zero-order valence-electron chi connectivity index (χ0n) is 11.6. The Kier molecular flexibility index (Phi) is 3.93. The summed E-state index contributed by atoms with van der Waals surface area (Å²) in [5.41, 5.74) is -0.382. The Balaban J connectivity index is 1.84. The third kappa shape index (κ3) is 2.73. The van der Waals surface area contributed by atoms with E-state index in [1.807, 2.05) is 41.8 Å². The number of benzene rings is 1. The molecule has 0 saturated heterocycles. The molecule has 0 bridgehead atoms. The van der Waals surface area contributed by atoms with Crippen LogP contribution in [0.25, 0.3) is 0 Å². The van der Waals surface area contributed by atoms with Crippen LogP contribution in [0.1, 0.15) is 10.4 Å². The van der Waals surface area contributed by atoms with Crippen molar-refractivity contribution in [3.63, 3.8) is 0 Å². The predicted molar refractivity (Wildman–Crippen MR) is 83.0 cm³/mol.